The van der Waals surface area contributed by atoms with Crippen molar-refractivity contribution in [2.24, 2.45) is 5.41 Å². The second-order valence-electron chi connectivity index (χ2n) is 3.87. The highest BCUT2D eigenvalue weighted by atomic mass is 16.7. The Kier molecular flexibility index (Phi) is 4.00. The van der Waals surface area contributed by atoms with E-state index in [4.69, 9.17) is 4.84 Å². The lowest BCUT2D eigenvalue weighted by molar-refractivity contribution is -0.139. The molecule has 0 saturated carbocycles. The fourth-order valence-corrected chi connectivity index (χ4v) is 0.592. The van der Waals surface area contributed by atoms with Crippen LogP contribution in [0.25, 0.3) is 0 Å². The molecule has 0 amide bonds. The van der Waals surface area contributed by atoms with Crippen LogP contribution in [0.1, 0.15) is 20.8 Å². The molecule has 0 aromatic heterocycles. The van der Waals surface area contributed by atoms with E-state index >= 15 is 0 Å². The van der Waals surface area contributed by atoms with Gasteiger partial charge in [-0.1, -0.05) is 20.8 Å². The second kappa shape index (κ2) is 4.04. The molecule has 0 rings (SSSR count). The summed E-state index contributed by atoms with van der Waals surface area (Å²) in [7, 11) is 3.39. The van der Waals surface area contributed by atoms with E-state index in [0.717, 1.165) is 0 Å². The molecule has 1 N–H and O–H groups in total. The standard InChI is InChI=1S/C8H19NO2/c1-8(2,3)7(10)6-9(4)11-5/h7,10H,6H2,1-5H3. The molecular weight excluding hydrogens is 142 g/mol. The molecule has 1 atom stereocenters. The van der Waals surface area contributed by atoms with Crippen LogP contribution in [0, 0.1) is 5.41 Å². The molecule has 0 aromatic carbocycles. The van der Waals surface area contributed by atoms with Gasteiger partial charge in [0.25, 0.3) is 0 Å². The van der Waals surface area contributed by atoms with Crippen molar-refractivity contribution in [2.75, 3.05) is 20.7 Å². The largest absolute Gasteiger partial charge is 0.391 e. The molecule has 0 heterocycles. The summed E-state index contributed by atoms with van der Waals surface area (Å²) in [4.78, 5) is 4.89. The highest BCUT2D eigenvalue weighted by Crippen LogP contribution is 2.19. The molecule has 0 saturated heterocycles. The Hall–Kier alpha value is -0.120. The lowest BCUT2D eigenvalue weighted by atomic mass is 9.89. The van der Waals surface area contributed by atoms with E-state index in [1.807, 2.05) is 20.8 Å². The first-order valence-corrected chi connectivity index (χ1v) is 3.81. The van der Waals surface area contributed by atoms with Crippen LogP contribution in [0.5, 0.6) is 0 Å². The molecule has 11 heavy (non-hydrogen) atoms. The zero-order valence-electron chi connectivity index (χ0n) is 8.09. The van der Waals surface area contributed by atoms with Crippen molar-refractivity contribution >= 4 is 0 Å². The van der Waals surface area contributed by atoms with Gasteiger partial charge in [-0.05, 0) is 5.41 Å². The van der Waals surface area contributed by atoms with E-state index in [9.17, 15) is 5.11 Å². The molecule has 1 unspecified atom stereocenters. The first-order chi connectivity index (χ1) is 4.88. The minimum atomic E-state index is -0.354. The Bertz CT molecular complexity index is 109. The minimum Gasteiger partial charge on any atom is -0.391 e. The number of hydrogen-bond donors (Lipinski definition) is 1. The average molecular weight is 161 g/mol. The van der Waals surface area contributed by atoms with Crippen molar-refractivity contribution in [3.05, 3.63) is 0 Å². The Morgan fingerprint density at radius 1 is 1.45 bits per heavy atom. The summed E-state index contributed by atoms with van der Waals surface area (Å²) >= 11 is 0. The summed E-state index contributed by atoms with van der Waals surface area (Å²) in [6, 6.07) is 0. The quantitative estimate of drug-likeness (QED) is 0.624. The molecule has 0 aromatic rings. The third-order valence-electron chi connectivity index (χ3n) is 1.74. The summed E-state index contributed by atoms with van der Waals surface area (Å²) in [5.74, 6) is 0. The Balaban J connectivity index is 3.77. The van der Waals surface area contributed by atoms with Crippen molar-refractivity contribution in [1.29, 1.82) is 0 Å². The molecule has 3 nitrogen and oxygen atoms in total. The van der Waals surface area contributed by atoms with Gasteiger partial charge >= 0.3 is 0 Å². The number of hydrogen-bond acceptors (Lipinski definition) is 3. The lowest BCUT2D eigenvalue weighted by Crippen LogP contribution is -2.37. The third kappa shape index (κ3) is 4.35. The summed E-state index contributed by atoms with van der Waals surface area (Å²) in [6.45, 7) is 6.55. The van der Waals surface area contributed by atoms with E-state index in [1.54, 1.807) is 19.2 Å². The zero-order valence-corrected chi connectivity index (χ0v) is 8.09. The molecule has 68 valence electrons. The van der Waals surface area contributed by atoms with Gasteiger partial charge in [0.1, 0.15) is 0 Å². The fourth-order valence-electron chi connectivity index (χ4n) is 0.592. The maximum Gasteiger partial charge on any atom is 0.0738 e. The molecule has 3 heteroatoms. The van der Waals surface area contributed by atoms with Crippen molar-refractivity contribution in [3.8, 4) is 0 Å². The SMILES string of the molecule is CON(C)CC(O)C(C)(C)C. The third-order valence-corrected chi connectivity index (χ3v) is 1.74. The van der Waals surface area contributed by atoms with Gasteiger partial charge in [0.05, 0.1) is 19.8 Å². The zero-order chi connectivity index (χ0) is 9.07. The molecule has 0 aliphatic rings. The van der Waals surface area contributed by atoms with Gasteiger partial charge in [-0.25, -0.2) is 0 Å². The smallest absolute Gasteiger partial charge is 0.0738 e. The number of aliphatic hydroxyl groups excluding tert-OH is 1. The Labute approximate surface area is 68.9 Å². The average Bonchev–Trinajstić information content (AvgIpc) is 1.85. The van der Waals surface area contributed by atoms with Crippen LogP contribution in [-0.4, -0.2) is 37.0 Å². The Morgan fingerprint density at radius 3 is 2.18 bits per heavy atom. The highest BCUT2D eigenvalue weighted by Gasteiger charge is 2.23. The normalized spacial score (nSPS) is 15.5. The van der Waals surface area contributed by atoms with Gasteiger partial charge in [-0.15, -0.1) is 0 Å². The summed E-state index contributed by atoms with van der Waals surface area (Å²) in [5, 5.41) is 11.2. The molecule has 0 aliphatic heterocycles. The van der Waals surface area contributed by atoms with Gasteiger partial charge in [0.15, 0.2) is 0 Å². The first-order valence-electron chi connectivity index (χ1n) is 3.81. The van der Waals surface area contributed by atoms with Crippen molar-refractivity contribution in [2.45, 2.75) is 26.9 Å². The van der Waals surface area contributed by atoms with Crippen LogP contribution < -0.4 is 0 Å². The number of rotatable bonds is 3. The summed E-state index contributed by atoms with van der Waals surface area (Å²) in [5.41, 5.74) is -0.0766. The van der Waals surface area contributed by atoms with Crippen LogP contribution in [0.2, 0.25) is 0 Å². The number of aliphatic hydroxyl groups is 1. The Morgan fingerprint density at radius 2 is 1.91 bits per heavy atom. The number of hydroxylamine groups is 2. The molecule has 0 radical (unpaired) electrons. The van der Waals surface area contributed by atoms with E-state index in [1.165, 1.54) is 0 Å². The molecule has 0 spiro atoms. The van der Waals surface area contributed by atoms with E-state index < -0.39 is 0 Å². The van der Waals surface area contributed by atoms with Crippen LogP contribution in [0.4, 0.5) is 0 Å². The van der Waals surface area contributed by atoms with Gasteiger partial charge in [-0.3, -0.25) is 0 Å². The van der Waals surface area contributed by atoms with Crippen LogP contribution in [-0.2, 0) is 4.84 Å². The molecule has 0 bridgehead atoms. The van der Waals surface area contributed by atoms with Crippen LogP contribution in [0.15, 0.2) is 0 Å². The molecule has 0 fully saturated rings. The van der Waals surface area contributed by atoms with Gasteiger partial charge in [0, 0.05) is 7.05 Å². The molecular formula is C8H19NO2. The summed E-state index contributed by atoms with van der Waals surface area (Å²) in [6.07, 6.45) is -0.354. The maximum atomic E-state index is 9.57. The minimum absolute atomic E-state index is 0.0766. The van der Waals surface area contributed by atoms with Crippen molar-refractivity contribution in [1.82, 2.24) is 5.06 Å². The van der Waals surface area contributed by atoms with Crippen molar-refractivity contribution < 1.29 is 9.94 Å². The monoisotopic (exact) mass is 161 g/mol. The number of likely N-dealkylation sites (N-methyl/N-ethyl adjacent to an activating group) is 1. The van der Waals surface area contributed by atoms with Crippen molar-refractivity contribution in [3.63, 3.8) is 0 Å². The first kappa shape index (κ1) is 10.9. The lowest BCUT2D eigenvalue weighted by Gasteiger charge is -2.28. The second-order valence-corrected chi connectivity index (χ2v) is 3.87. The number of nitrogens with zero attached hydrogens (tertiary/aromatic N) is 1. The van der Waals surface area contributed by atoms with E-state index in [2.05, 4.69) is 0 Å². The van der Waals surface area contributed by atoms with Crippen LogP contribution >= 0.6 is 0 Å². The predicted octanol–water partition coefficient (Wildman–Crippen LogP) is 0.887. The highest BCUT2D eigenvalue weighted by molar-refractivity contribution is 4.73. The van der Waals surface area contributed by atoms with Crippen LogP contribution in [0.3, 0.4) is 0 Å². The maximum absolute atomic E-state index is 9.57. The topological polar surface area (TPSA) is 32.7 Å². The fraction of sp³-hybridized carbons (Fsp3) is 1.00. The van der Waals surface area contributed by atoms with Gasteiger partial charge in [0.2, 0.25) is 0 Å². The van der Waals surface area contributed by atoms with E-state index in [-0.39, 0.29) is 11.5 Å². The molecule has 0 aliphatic carbocycles. The summed E-state index contributed by atoms with van der Waals surface area (Å²) < 4.78 is 0. The van der Waals surface area contributed by atoms with E-state index in [0.29, 0.717) is 6.54 Å². The predicted molar refractivity (Wildman–Crippen MR) is 45.1 cm³/mol. The van der Waals surface area contributed by atoms with Gasteiger partial charge in [-0.2, -0.15) is 5.06 Å². The van der Waals surface area contributed by atoms with Gasteiger partial charge < -0.3 is 9.94 Å².